The lowest BCUT2D eigenvalue weighted by atomic mass is 9.99. The van der Waals surface area contributed by atoms with E-state index < -0.39 is 270 Å². The van der Waals surface area contributed by atoms with E-state index in [1.807, 2.05) is 0 Å². The first kappa shape index (κ1) is 10.6. The summed E-state index contributed by atoms with van der Waals surface area (Å²) in [5.41, 5.74) is -9.98. The molecule has 1 heterocycles. The number of fused-ring (bicyclic) bond motifs is 5. The van der Waals surface area contributed by atoms with Crippen molar-refractivity contribution in [3.05, 3.63) is 187 Å². The summed E-state index contributed by atoms with van der Waals surface area (Å²) >= 11 is 0. The van der Waals surface area contributed by atoms with Crippen molar-refractivity contribution in [2.45, 2.75) is 0 Å². The number of hydrogen-bond donors (Lipinski definition) is 0. The molecule has 0 N–H and O–H groups in total. The van der Waals surface area contributed by atoms with Gasteiger partial charge in [-0.3, -0.25) is 0 Å². The van der Waals surface area contributed by atoms with Crippen molar-refractivity contribution in [1.82, 2.24) is 0 Å². The Morgan fingerprint density at radius 2 is 0.854 bits per heavy atom. The quantitative estimate of drug-likeness (QED) is 0.179. The smallest absolute Gasteiger partial charge is 0.143 e. The second-order valence-electron chi connectivity index (χ2n) is 9.77. The van der Waals surface area contributed by atoms with Crippen molar-refractivity contribution < 1.29 is 46.9 Å². The molecular formula is C46H31NO. The van der Waals surface area contributed by atoms with Crippen LogP contribution in [0.4, 0.5) is 17.1 Å². The first-order chi connectivity index (χ1) is 36.7. The van der Waals surface area contributed by atoms with Crippen LogP contribution in [0.5, 0.6) is 0 Å². The van der Waals surface area contributed by atoms with Crippen molar-refractivity contribution in [2.24, 2.45) is 0 Å². The minimum absolute atomic E-state index is 0.387. The molecule has 2 heteroatoms. The van der Waals surface area contributed by atoms with Crippen molar-refractivity contribution >= 4 is 49.8 Å². The third-order valence-electron chi connectivity index (χ3n) is 7.00. The lowest BCUT2D eigenvalue weighted by Gasteiger charge is -2.26. The van der Waals surface area contributed by atoms with Crippen LogP contribution < -0.4 is 4.90 Å². The van der Waals surface area contributed by atoms with E-state index in [-0.39, 0.29) is 0 Å². The van der Waals surface area contributed by atoms with E-state index >= 15 is 0 Å². The van der Waals surface area contributed by atoms with Gasteiger partial charge in [-0.1, -0.05) is 145 Å². The molecule has 0 bridgehead atoms. The number of rotatable bonds is 6. The third kappa shape index (κ3) is 4.92. The van der Waals surface area contributed by atoms with Gasteiger partial charge in [-0.05, 0) is 81.1 Å². The molecule has 0 unspecified atom stereocenters. The molecule has 9 aromatic rings. The summed E-state index contributed by atoms with van der Waals surface area (Å²) in [5, 5.41) is -2.49. The monoisotopic (exact) mass is 644 g/mol. The Morgan fingerprint density at radius 1 is 0.375 bits per heavy atom. The van der Waals surface area contributed by atoms with E-state index in [0.717, 1.165) is 0 Å². The Labute approximate surface area is 323 Å². The van der Waals surface area contributed by atoms with E-state index in [4.69, 9.17) is 33.2 Å². The van der Waals surface area contributed by atoms with Gasteiger partial charge < -0.3 is 9.32 Å². The molecule has 1 aromatic heterocycles. The van der Waals surface area contributed by atoms with Crippen molar-refractivity contribution in [3.63, 3.8) is 0 Å². The average Bonchev–Trinajstić information content (AvgIpc) is 3.54. The Bertz CT molecular complexity index is 4190. The van der Waals surface area contributed by atoms with Crippen LogP contribution in [0.25, 0.3) is 66.1 Å². The van der Waals surface area contributed by atoms with Gasteiger partial charge in [0, 0.05) is 22.1 Å². The van der Waals surface area contributed by atoms with Gasteiger partial charge in [-0.2, -0.15) is 0 Å². The highest BCUT2D eigenvalue weighted by molar-refractivity contribution is 6.19. The zero-order valence-electron chi connectivity index (χ0n) is 54.9. The van der Waals surface area contributed by atoms with E-state index in [0.29, 0.717) is 4.90 Å². The second kappa shape index (κ2) is 11.8. The molecule has 0 radical (unpaired) electrons. The lowest BCUT2D eigenvalue weighted by Crippen LogP contribution is -2.10. The van der Waals surface area contributed by atoms with Gasteiger partial charge in [0.25, 0.3) is 0 Å². The van der Waals surface area contributed by atoms with Crippen LogP contribution in [0.3, 0.4) is 0 Å². The Morgan fingerprint density at radius 3 is 1.42 bits per heavy atom. The molecule has 9 rings (SSSR count). The van der Waals surface area contributed by atoms with Crippen molar-refractivity contribution in [3.8, 4) is 33.4 Å². The Kier molecular flexibility index (Phi) is 2.59. The molecule has 0 amide bonds. The van der Waals surface area contributed by atoms with E-state index in [1.54, 1.807) is 0 Å². The van der Waals surface area contributed by atoms with Crippen LogP contribution in [-0.4, -0.2) is 0 Å². The molecule has 0 aliphatic carbocycles. The highest BCUT2D eigenvalue weighted by atomic mass is 16.3. The fourth-order valence-electron chi connectivity index (χ4n) is 4.85. The molecule has 0 aliphatic heterocycles. The Balaban J connectivity index is 1.48. The molecule has 0 saturated heterocycles. The zero-order valence-corrected chi connectivity index (χ0v) is 23.9. The molecule has 8 aromatic carbocycles. The van der Waals surface area contributed by atoms with Gasteiger partial charge >= 0.3 is 0 Å². The summed E-state index contributed by atoms with van der Waals surface area (Å²) in [6, 6.07) is -31.9. The molecule has 2 nitrogen and oxygen atoms in total. The third-order valence-corrected chi connectivity index (χ3v) is 7.00. The molecule has 0 aliphatic rings. The molecular weight excluding hydrogens is 583 g/mol. The number of benzene rings is 8. The summed E-state index contributed by atoms with van der Waals surface area (Å²) in [6.45, 7) is 0. The van der Waals surface area contributed by atoms with Crippen molar-refractivity contribution in [1.29, 1.82) is 0 Å². The number of furan rings is 1. The minimum atomic E-state index is -1.30. The molecule has 0 atom stereocenters. The number of anilines is 3. The van der Waals surface area contributed by atoms with E-state index in [9.17, 15) is 13.7 Å². The van der Waals surface area contributed by atoms with Crippen molar-refractivity contribution in [2.75, 3.05) is 4.90 Å². The van der Waals surface area contributed by atoms with Crippen LogP contribution in [0.15, 0.2) is 192 Å². The van der Waals surface area contributed by atoms with Gasteiger partial charge in [-0.15, -0.1) is 0 Å². The maximum absolute atomic E-state index is 9.63. The first-order valence-electron chi connectivity index (χ1n) is 29.3. The van der Waals surface area contributed by atoms with Gasteiger partial charge in [0.15, 0.2) is 0 Å². The second-order valence-corrected chi connectivity index (χ2v) is 9.77. The topological polar surface area (TPSA) is 16.4 Å². The average molecular weight is 645 g/mol. The fourth-order valence-corrected chi connectivity index (χ4v) is 4.85. The highest BCUT2D eigenvalue weighted by Crippen LogP contribution is 2.44. The predicted molar refractivity (Wildman–Crippen MR) is 202 cm³/mol. The molecule has 48 heavy (non-hydrogen) atoms. The molecule has 226 valence electrons. The largest absolute Gasteiger partial charge is 0.455 e. The maximum Gasteiger partial charge on any atom is 0.143 e. The molecule has 0 fully saturated rings. The first-order valence-corrected chi connectivity index (χ1v) is 13.8. The lowest BCUT2D eigenvalue weighted by molar-refractivity contribution is 0.672. The predicted octanol–water partition coefficient (Wildman–Crippen LogP) is 13.2. The van der Waals surface area contributed by atoms with Crippen LogP contribution in [0.1, 0.15) is 42.5 Å². The summed E-state index contributed by atoms with van der Waals surface area (Å²) in [5.74, 6) is 0. The fraction of sp³-hybridized carbons (Fsp3) is 0. The van der Waals surface area contributed by atoms with Gasteiger partial charge in [0.2, 0.25) is 0 Å². The maximum atomic E-state index is 9.63. The van der Waals surface area contributed by atoms with E-state index in [2.05, 4.69) is 0 Å². The zero-order chi connectivity index (χ0) is 58.8. The van der Waals surface area contributed by atoms with Crippen LogP contribution in [0, 0.1) is 0 Å². The molecule has 0 saturated carbocycles. The van der Waals surface area contributed by atoms with Crippen LogP contribution in [-0.2, 0) is 0 Å². The summed E-state index contributed by atoms with van der Waals surface area (Å²) < 4.78 is 281. The minimum Gasteiger partial charge on any atom is -0.455 e. The van der Waals surface area contributed by atoms with E-state index in [1.165, 1.54) is 0 Å². The Hall–Kier alpha value is -6.38. The van der Waals surface area contributed by atoms with Gasteiger partial charge in [0.1, 0.15) is 11.2 Å². The SMILES string of the molecule is [2H]c1c([2H])c([2H])c(-c2c([2H])c([2H])c(-c3c([2H])c([2H])c(N(c4c([2H])c([2H])c(-c5c([2H])c([2H])c([2H])c([2H])c5[2H])c([2H])c4[2H])c4c([2H])c([2H])c([2H])c5oc6c7c([2H])c([2H])c([2H])c([2H])c7c([2H])c([2H])c6c45)c([2H])c3[2H])c([2H])c2[2H])c([2H])c1[2H]. The van der Waals surface area contributed by atoms with Gasteiger partial charge in [-0.25, -0.2) is 0 Å². The summed E-state index contributed by atoms with van der Waals surface area (Å²) in [6.07, 6.45) is 0. The number of nitrogens with zero attached hydrogens (tertiary/aromatic N) is 1. The highest BCUT2D eigenvalue weighted by Gasteiger charge is 2.20. The van der Waals surface area contributed by atoms with Crippen LogP contribution in [0.2, 0.25) is 0 Å². The molecule has 0 spiro atoms. The summed E-state index contributed by atoms with van der Waals surface area (Å²) in [7, 11) is 0. The van der Waals surface area contributed by atoms with Gasteiger partial charge in [0.05, 0.1) is 53.6 Å². The van der Waals surface area contributed by atoms with Crippen LogP contribution >= 0.6 is 0 Å². The standard InChI is InChI=1S/C46H31NO/c1-3-10-32(11-4-1)34-18-20-35(21-19-34)37-24-29-40(30-25-37)47(39-27-22-36(23-28-39)33-12-5-2-6-13-33)43-16-9-17-44-45(43)42-31-26-38-14-7-8-15-41(38)46(42)48-44/h1-31H/i1D,2D,3D,4D,5D,6D,7D,8D,9D,10D,11D,12D,13D,14D,15D,16D,17D,18D,19D,20D,21D,22D,23D,24D,25D,26D,27D,28D,29D,30D,31D. The summed E-state index contributed by atoms with van der Waals surface area (Å²) in [4.78, 5) is 0.387. The number of hydrogen-bond acceptors (Lipinski definition) is 2. The normalized spacial score (nSPS) is 20.4.